The van der Waals surface area contributed by atoms with Gasteiger partial charge in [-0.1, -0.05) is 0 Å². The highest BCUT2D eigenvalue weighted by molar-refractivity contribution is 5.25. The molecule has 1 aromatic rings. The van der Waals surface area contributed by atoms with E-state index in [1.54, 1.807) is 0 Å². The average molecular weight is 281 g/mol. The minimum absolute atomic E-state index is 0.106. The standard InChI is InChI=1S/C8H3F8NO/c9-6(10,8(14,15)16)3-1-4(7(11,12)13)5(18)17-2-3/h1-2H,(H,17,18). The van der Waals surface area contributed by atoms with Crippen molar-refractivity contribution in [2.45, 2.75) is 18.3 Å². The van der Waals surface area contributed by atoms with Crippen LogP contribution in [0.2, 0.25) is 0 Å². The Kier molecular flexibility index (Phi) is 3.17. The fourth-order valence-corrected chi connectivity index (χ4v) is 1.04. The van der Waals surface area contributed by atoms with Crippen LogP contribution in [0.1, 0.15) is 11.1 Å². The van der Waals surface area contributed by atoms with Gasteiger partial charge in [-0.25, -0.2) is 0 Å². The molecule has 0 bridgehead atoms. The number of hydrogen-bond acceptors (Lipinski definition) is 1. The zero-order chi connectivity index (χ0) is 14.4. The molecule has 0 aliphatic rings. The number of alkyl halides is 8. The highest BCUT2D eigenvalue weighted by atomic mass is 19.4. The Hall–Kier alpha value is -1.61. The summed E-state index contributed by atoms with van der Waals surface area (Å²) in [6.45, 7) is 0. The van der Waals surface area contributed by atoms with E-state index in [4.69, 9.17) is 0 Å². The van der Waals surface area contributed by atoms with E-state index in [-0.39, 0.29) is 6.20 Å². The number of nitrogens with one attached hydrogen (secondary N) is 1. The molecule has 0 aromatic carbocycles. The lowest BCUT2D eigenvalue weighted by molar-refractivity contribution is -0.289. The average Bonchev–Trinajstić information content (AvgIpc) is 2.14. The van der Waals surface area contributed by atoms with Crippen molar-refractivity contribution in [3.05, 3.63) is 33.7 Å². The molecule has 1 aromatic heterocycles. The number of aromatic nitrogens is 1. The summed E-state index contributed by atoms with van der Waals surface area (Å²) in [7, 11) is 0. The molecule has 0 spiro atoms. The van der Waals surface area contributed by atoms with Crippen LogP contribution in [-0.4, -0.2) is 11.2 Å². The summed E-state index contributed by atoms with van der Waals surface area (Å²) < 4.78 is 97.8. The topological polar surface area (TPSA) is 32.9 Å². The molecule has 1 rings (SSSR count). The number of H-pyrrole nitrogens is 1. The molecule has 102 valence electrons. The Balaban J connectivity index is 3.43. The number of rotatable bonds is 1. The van der Waals surface area contributed by atoms with E-state index < -0.39 is 41.0 Å². The predicted molar refractivity (Wildman–Crippen MR) is 42.0 cm³/mol. The van der Waals surface area contributed by atoms with Crippen molar-refractivity contribution in [3.8, 4) is 0 Å². The first-order valence-electron chi connectivity index (χ1n) is 4.12. The molecule has 0 saturated heterocycles. The molecule has 0 saturated carbocycles. The third-order valence-electron chi connectivity index (χ3n) is 1.93. The van der Waals surface area contributed by atoms with Crippen molar-refractivity contribution in [2.24, 2.45) is 0 Å². The molecule has 0 atom stereocenters. The molecule has 2 nitrogen and oxygen atoms in total. The number of halogens is 8. The van der Waals surface area contributed by atoms with Crippen LogP contribution in [0.15, 0.2) is 17.1 Å². The summed E-state index contributed by atoms with van der Waals surface area (Å²) in [5, 5.41) is 0. The van der Waals surface area contributed by atoms with Crippen molar-refractivity contribution >= 4 is 0 Å². The first kappa shape index (κ1) is 14.5. The predicted octanol–water partition coefficient (Wildman–Crippen LogP) is 3.05. The van der Waals surface area contributed by atoms with Gasteiger partial charge in [0.25, 0.3) is 5.56 Å². The lowest BCUT2D eigenvalue weighted by atomic mass is 10.1. The molecule has 0 radical (unpaired) electrons. The lowest BCUT2D eigenvalue weighted by Crippen LogP contribution is -2.35. The highest BCUT2D eigenvalue weighted by Crippen LogP contribution is 2.44. The number of hydrogen-bond donors (Lipinski definition) is 1. The van der Waals surface area contributed by atoms with Crippen LogP contribution in [0, 0.1) is 0 Å². The summed E-state index contributed by atoms with van der Waals surface area (Å²) in [6, 6.07) is -0.522. The normalized spacial score (nSPS) is 13.8. The van der Waals surface area contributed by atoms with Gasteiger partial charge in [0.05, 0.1) is 0 Å². The first-order valence-corrected chi connectivity index (χ1v) is 4.12. The van der Waals surface area contributed by atoms with Gasteiger partial charge in [-0.05, 0) is 6.07 Å². The molecular weight excluding hydrogens is 278 g/mol. The maximum Gasteiger partial charge on any atom is 0.458 e. The zero-order valence-corrected chi connectivity index (χ0v) is 8.09. The van der Waals surface area contributed by atoms with Gasteiger partial charge in [0.15, 0.2) is 0 Å². The lowest BCUT2D eigenvalue weighted by Gasteiger charge is -2.20. The summed E-state index contributed by atoms with van der Waals surface area (Å²) in [5.74, 6) is -5.49. The summed E-state index contributed by atoms with van der Waals surface area (Å²) in [6.07, 6.45) is -11.5. The van der Waals surface area contributed by atoms with Crippen molar-refractivity contribution < 1.29 is 35.1 Å². The maximum absolute atomic E-state index is 12.7. The zero-order valence-electron chi connectivity index (χ0n) is 8.09. The maximum atomic E-state index is 12.7. The summed E-state index contributed by atoms with van der Waals surface area (Å²) in [5.41, 5.74) is -5.91. The molecule has 0 amide bonds. The van der Waals surface area contributed by atoms with E-state index in [1.165, 1.54) is 4.98 Å². The van der Waals surface area contributed by atoms with Crippen molar-refractivity contribution in [3.63, 3.8) is 0 Å². The van der Waals surface area contributed by atoms with Crippen LogP contribution in [0.4, 0.5) is 35.1 Å². The van der Waals surface area contributed by atoms with Gasteiger partial charge in [-0.3, -0.25) is 4.79 Å². The third kappa shape index (κ3) is 2.46. The van der Waals surface area contributed by atoms with E-state index in [0.29, 0.717) is 0 Å². The van der Waals surface area contributed by atoms with E-state index in [1.807, 2.05) is 0 Å². The van der Waals surface area contributed by atoms with Gasteiger partial charge >= 0.3 is 18.3 Å². The van der Waals surface area contributed by atoms with E-state index in [9.17, 15) is 39.9 Å². The molecule has 10 heteroatoms. The van der Waals surface area contributed by atoms with Gasteiger partial charge in [0.2, 0.25) is 0 Å². The monoisotopic (exact) mass is 281 g/mol. The van der Waals surface area contributed by atoms with Gasteiger partial charge in [0, 0.05) is 11.8 Å². The smallest absolute Gasteiger partial charge is 0.328 e. The number of aromatic amines is 1. The fraction of sp³-hybridized carbons (Fsp3) is 0.375. The molecule has 0 unspecified atom stereocenters. The van der Waals surface area contributed by atoms with Crippen LogP contribution < -0.4 is 5.56 Å². The third-order valence-corrected chi connectivity index (χ3v) is 1.93. The molecule has 0 aliphatic carbocycles. The Labute approximate surface area is 93.2 Å². The molecule has 1 heterocycles. The molecule has 0 aliphatic heterocycles. The summed E-state index contributed by atoms with van der Waals surface area (Å²) >= 11 is 0. The Morgan fingerprint density at radius 2 is 1.44 bits per heavy atom. The van der Waals surface area contributed by atoms with Crippen molar-refractivity contribution in [2.75, 3.05) is 0 Å². The second-order valence-corrected chi connectivity index (χ2v) is 3.20. The quantitative estimate of drug-likeness (QED) is 0.788. The molecular formula is C8H3F8NO. The van der Waals surface area contributed by atoms with E-state index in [0.717, 1.165) is 0 Å². The Bertz CT molecular complexity index is 497. The highest BCUT2D eigenvalue weighted by Gasteiger charge is 2.59. The first-order chi connectivity index (χ1) is 7.87. The minimum atomic E-state index is -6.06. The fourth-order valence-electron chi connectivity index (χ4n) is 1.04. The molecule has 1 N–H and O–H groups in total. The largest absolute Gasteiger partial charge is 0.458 e. The Morgan fingerprint density at radius 1 is 0.944 bits per heavy atom. The van der Waals surface area contributed by atoms with Gasteiger partial charge in [0.1, 0.15) is 5.56 Å². The van der Waals surface area contributed by atoms with E-state index in [2.05, 4.69) is 0 Å². The Morgan fingerprint density at radius 3 is 1.83 bits per heavy atom. The molecule has 18 heavy (non-hydrogen) atoms. The van der Waals surface area contributed by atoms with E-state index >= 15 is 0 Å². The van der Waals surface area contributed by atoms with Crippen LogP contribution in [0.25, 0.3) is 0 Å². The van der Waals surface area contributed by atoms with Crippen LogP contribution in [0.3, 0.4) is 0 Å². The minimum Gasteiger partial charge on any atom is -0.328 e. The van der Waals surface area contributed by atoms with Gasteiger partial charge < -0.3 is 4.98 Å². The van der Waals surface area contributed by atoms with Crippen LogP contribution in [-0.2, 0) is 12.1 Å². The van der Waals surface area contributed by atoms with Crippen molar-refractivity contribution in [1.82, 2.24) is 4.98 Å². The van der Waals surface area contributed by atoms with Crippen LogP contribution >= 0.6 is 0 Å². The van der Waals surface area contributed by atoms with Gasteiger partial charge in [-0.2, -0.15) is 35.1 Å². The number of pyridine rings is 1. The second kappa shape index (κ2) is 3.95. The van der Waals surface area contributed by atoms with Crippen LogP contribution in [0.5, 0.6) is 0 Å². The second-order valence-electron chi connectivity index (χ2n) is 3.20. The molecule has 0 fully saturated rings. The van der Waals surface area contributed by atoms with Crippen molar-refractivity contribution in [1.29, 1.82) is 0 Å². The van der Waals surface area contributed by atoms with Gasteiger partial charge in [-0.15, -0.1) is 0 Å². The summed E-state index contributed by atoms with van der Waals surface area (Å²) in [4.78, 5) is 11.9. The SMILES string of the molecule is O=c1[nH]cc(C(F)(F)C(F)(F)F)cc1C(F)(F)F.